The molecule has 0 spiro atoms. The minimum Gasteiger partial charge on any atom is -0.383 e. The molecular formula is C22H28N2O4S. The third-order valence-electron chi connectivity index (χ3n) is 5.13. The topological polar surface area (TPSA) is 75.7 Å². The quantitative estimate of drug-likeness (QED) is 0.704. The van der Waals surface area contributed by atoms with Crippen LogP contribution in [0.5, 0.6) is 0 Å². The minimum atomic E-state index is -3.69. The van der Waals surface area contributed by atoms with E-state index in [0.29, 0.717) is 12.1 Å². The van der Waals surface area contributed by atoms with Crippen LogP contribution in [-0.2, 0) is 14.8 Å². The van der Waals surface area contributed by atoms with Crippen molar-refractivity contribution in [2.75, 3.05) is 26.8 Å². The molecule has 1 aliphatic heterocycles. The number of nitrogens with one attached hydrogen (secondary N) is 1. The molecule has 1 amide bonds. The second-order valence-corrected chi connectivity index (χ2v) is 9.26. The van der Waals surface area contributed by atoms with Crippen LogP contribution in [0.1, 0.15) is 45.9 Å². The predicted octanol–water partition coefficient (Wildman–Crippen LogP) is 3.21. The number of carbonyl (C=O) groups is 1. The maximum Gasteiger partial charge on any atom is 0.254 e. The molecule has 1 unspecified atom stereocenters. The summed E-state index contributed by atoms with van der Waals surface area (Å²) in [6, 6.07) is 12.6. The van der Waals surface area contributed by atoms with Gasteiger partial charge in [0, 0.05) is 25.8 Å². The summed E-state index contributed by atoms with van der Waals surface area (Å²) >= 11 is 0. The molecule has 0 aromatic heterocycles. The first-order valence-corrected chi connectivity index (χ1v) is 11.3. The van der Waals surface area contributed by atoms with Gasteiger partial charge >= 0.3 is 0 Å². The minimum absolute atomic E-state index is 0.0150. The summed E-state index contributed by atoms with van der Waals surface area (Å²) in [4.78, 5) is 15.2. The van der Waals surface area contributed by atoms with E-state index < -0.39 is 10.0 Å². The number of amides is 1. The zero-order chi connectivity index (χ0) is 21.0. The van der Waals surface area contributed by atoms with Crippen molar-refractivity contribution in [3.63, 3.8) is 0 Å². The molecule has 6 nitrogen and oxygen atoms in total. The molecule has 7 heteroatoms. The maximum absolute atomic E-state index is 13.2. The van der Waals surface area contributed by atoms with Gasteiger partial charge in [0.1, 0.15) is 0 Å². The lowest BCUT2D eigenvalue weighted by atomic mass is 9.99. The van der Waals surface area contributed by atoms with Crippen LogP contribution in [0.2, 0.25) is 0 Å². The SMILES string of the molecule is COCCNS(=O)(=O)c1cccc(C(=O)N2CCCC2c2cc(C)cc(C)c2)c1. The number of hydrogen-bond donors (Lipinski definition) is 1. The Morgan fingerprint density at radius 2 is 1.90 bits per heavy atom. The first kappa shape index (κ1) is 21.5. The molecule has 156 valence electrons. The normalized spacial score (nSPS) is 16.9. The maximum atomic E-state index is 13.2. The Hall–Kier alpha value is -2.22. The van der Waals surface area contributed by atoms with Gasteiger partial charge < -0.3 is 9.64 Å². The molecule has 0 bridgehead atoms. The Balaban J connectivity index is 1.84. The lowest BCUT2D eigenvalue weighted by molar-refractivity contribution is 0.0735. The predicted molar refractivity (Wildman–Crippen MR) is 112 cm³/mol. The summed E-state index contributed by atoms with van der Waals surface area (Å²) in [5.41, 5.74) is 3.87. The summed E-state index contributed by atoms with van der Waals surface area (Å²) < 4.78 is 32.3. The zero-order valence-corrected chi connectivity index (χ0v) is 18.0. The summed E-state index contributed by atoms with van der Waals surface area (Å²) in [6.45, 7) is 5.24. The number of methoxy groups -OCH3 is 1. The number of carbonyl (C=O) groups excluding carboxylic acids is 1. The van der Waals surface area contributed by atoms with Crippen molar-refractivity contribution in [3.05, 3.63) is 64.7 Å². The number of hydrogen-bond acceptors (Lipinski definition) is 4. The molecule has 2 aromatic rings. The number of aryl methyl sites for hydroxylation is 2. The molecule has 1 fully saturated rings. The Morgan fingerprint density at radius 1 is 1.17 bits per heavy atom. The van der Waals surface area contributed by atoms with E-state index in [-0.39, 0.29) is 30.0 Å². The van der Waals surface area contributed by atoms with E-state index in [1.165, 1.54) is 30.4 Å². The van der Waals surface area contributed by atoms with Gasteiger partial charge in [-0.3, -0.25) is 4.79 Å². The fourth-order valence-corrected chi connectivity index (χ4v) is 4.94. The van der Waals surface area contributed by atoms with Crippen LogP contribution in [-0.4, -0.2) is 46.0 Å². The third-order valence-corrected chi connectivity index (χ3v) is 6.59. The summed E-state index contributed by atoms with van der Waals surface area (Å²) in [5.74, 6) is -0.138. The number of sulfonamides is 1. The van der Waals surface area contributed by atoms with Crippen molar-refractivity contribution in [3.8, 4) is 0 Å². The number of nitrogens with zero attached hydrogens (tertiary/aromatic N) is 1. The van der Waals surface area contributed by atoms with Crippen molar-refractivity contribution < 1.29 is 17.9 Å². The van der Waals surface area contributed by atoms with Crippen molar-refractivity contribution in [1.29, 1.82) is 0 Å². The number of likely N-dealkylation sites (tertiary alicyclic amines) is 1. The fraction of sp³-hybridized carbons (Fsp3) is 0.409. The summed E-state index contributed by atoms with van der Waals surface area (Å²) in [7, 11) is -2.18. The lowest BCUT2D eigenvalue weighted by Crippen LogP contribution is -2.31. The van der Waals surface area contributed by atoms with Gasteiger partial charge in [-0.15, -0.1) is 0 Å². The smallest absolute Gasteiger partial charge is 0.254 e. The Morgan fingerprint density at radius 3 is 2.59 bits per heavy atom. The molecule has 2 aromatic carbocycles. The molecule has 1 N–H and O–H groups in total. The van der Waals surface area contributed by atoms with E-state index in [4.69, 9.17) is 4.74 Å². The monoisotopic (exact) mass is 416 g/mol. The second-order valence-electron chi connectivity index (χ2n) is 7.50. The highest BCUT2D eigenvalue weighted by atomic mass is 32.2. The van der Waals surface area contributed by atoms with Crippen LogP contribution in [0.3, 0.4) is 0 Å². The van der Waals surface area contributed by atoms with Crippen LogP contribution < -0.4 is 4.72 Å². The van der Waals surface area contributed by atoms with Crippen LogP contribution in [0.25, 0.3) is 0 Å². The molecule has 1 aliphatic rings. The van der Waals surface area contributed by atoms with Gasteiger partial charge in [0.2, 0.25) is 10.0 Å². The van der Waals surface area contributed by atoms with Gasteiger partial charge in [0.25, 0.3) is 5.91 Å². The highest BCUT2D eigenvalue weighted by molar-refractivity contribution is 7.89. The highest BCUT2D eigenvalue weighted by Crippen LogP contribution is 2.34. The number of ether oxygens (including phenoxy) is 1. The van der Waals surface area contributed by atoms with Crippen molar-refractivity contribution >= 4 is 15.9 Å². The number of rotatable bonds is 7. The van der Waals surface area contributed by atoms with Crippen LogP contribution >= 0.6 is 0 Å². The van der Waals surface area contributed by atoms with Gasteiger partial charge in [-0.1, -0.05) is 35.4 Å². The summed E-state index contributed by atoms with van der Waals surface area (Å²) in [5, 5.41) is 0. The van der Waals surface area contributed by atoms with Crippen LogP contribution in [0.15, 0.2) is 47.4 Å². The highest BCUT2D eigenvalue weighted by Gasteiger charge is 2.31. The van der Waals surface area contributed by atoms with E-state index in [1.807, 2.05) is 4.90 Å². The third kappa shape index (κ3) is 5.04. The van der Waals surface area contributed by atoms with E-state index in [2.05, 4.69) is 36.8 Å². The zero-order valence-electron chi connectivity index (χ0n) is 17.1. The molecule has 1 saturated heterocycles. The van der Waals surface area contributed by atoms with E-state index in [1.54, 1.807) is 12.1 Å². The van der Waals surface area contributed by atoms with E-state index in [0.717, 1.165) is 18.4 Å². The molecule has 1 atom stereocenters. The van der Waals surface area contributed by atoms with Crippen LogP contribution in [0.4, 0.5) is 0 Å². The molecular weight excluding hydrogens is 388 g/mol. The Labute approximate surface area is 172 Å². The first-order chi connectivity index (χ1) is 13.8. The van der Waals surface area contributed by atoms with Gasteiger partial charge in [0.15, 0.2) is 0 Å². The standard InChI is InChI=1S/C22H28N2O4S/c1-16-12-17(2)14-19(13-16)21-8-5-10-24(21)22(25)18-6-4-7-20(15-18)29(26,27)23-9-11-28-3/h4,6-7,12-15,21,23H,5,8-11H2,1-3H3. The molecule has 0 aliphatic carbocycles. The molecule has 0 saturated carbocycles. The molecule has 29 heavy (non-hydrogen) atoms. The Bertz CT molecular complexity index is 968. The molecule has 3 rings (SSSR count). The second kappa shape index (κ2) is 9.07. The van der Waals surface area contributed by atoms with Crippen molar-refractivity contribution in [2.45, 2.75) is 37.6 Å². The molecule has 1 heterocycles. The average molecular weight is 417 g/mol. The van der Waals surface area contributed by atoms with Gasteiger partial charge in [-0.05, 0) is 50.5 Å². The van der Waals surface area contributed by atoms with E-state index >= 15 is 0 Å². The Kier molecular flexibility index (Phi) is 6.72. The average Bonchev–Trinajstić information content (AvgIpc) is 3.17. The first-order valence-electron chi connectivity index (χ1n) is 9.79. The van der Waals surface area contributed by atoms with Gasteiger partial charge in [-0.25, -0.2) is 13.1 Å². The van der Waals surface area contributed by atoms with Crippen molar-refractivity contribution in [2.24, 2.45) is 0 Å². The largest absolute Gasteiger partial charge is 0.383 e. The van der Waals surface area contributed by atoms with E-state index in [9.17, 15) is 13.2 Å². The van der Waals surface area contributed by atoms with Gasteiger partial charge in [0.05, 0.1) is 17.5 Å². The van der Waals surface area contributed by atoms with Crippen LogP contribution in [0, 0.1) is 13.8 Å². The lowest BCUT2D eigenvalue weighted by Gasteiger charge is -2.26. The van der Waals surface area contributed by atoms with Crippen molar-refractivity contribution in [1.82, 2.24) is 9.62 Å². The molecule has 0 radical (unpaired) electrons. The van der Waals surface area contributed by atoms with Gasteiger partial charge in [-0.2, -0.15) is 0 Å². The fourth-order valence-electron chi connectivity index (χ4n) is 3.88. The summed E-state index contributed by atoms with van der Waals surface area (Å²) in [6.07, 6.45) is 1.84. The number of benzene rings is 2.